The smallest absolute Gasteiger partial charge is 0.409 e. The Morgan fingerprint density at radius 2 is 1.63 bits per heavy atom. The molecule has 8 heteroatoms. The summed E-state index contributed by atoms with van der Waals surface area (Å²) in [5.74, 6) is 0.271. The Bertz CT molecular complexity index is 707. The van der Waals surface area contributed by atoms with E-state index in [1.165, 1.54) is 0 Å². The SMILES string of the molecule is CCOC(=O)N1CCN(C(=O)C2(C(=O)Nc3ccc(OC)cc3)CC2)CC1. The maximum Gasteiger partial charge on any atom is 0.409 e. The van der Waals surface area contributed by atoms with Gasteiger partial charge in [0.1, 0.15) is 11.2 Å². The van der Waals surface area contributed by atoms with E-state index in [0.29, 0.717) is 57.1 Å². The predicted molar refractivity (Wildman–Crippen MR) is 98.5 cm³/mol. The minimum Gasteiger partial charge on any atom is -0.497 e. The molecule has 3 amide bonds. The Balaban J connectivity index is 1.57. The zero-order chi connectivity index (χ0) is 19.4. The number of amides is 3. The number of hydrogen-bond acceptors (Lipinski definition) is 5. The fourth-order valence-corrected chi connectivity index (χ4v) is 3.20. The van der Waals surface area contributed by atoms with Crippen LogP contribution in [0.15, 0.2) is 24.3 Å². The van der Waals surface area contributed by atoms with Gasteiger partial charge in [-0.3, -0.25) is 9.59 Å². The number of nitrogens with one attached hydrogen (secondary N) is 1. The van der Waals surface area contributed by atoms with Gasteiger partial charge < -0.3 is 24.6 Å². The van der Waals surface area contributed by atoms with E-state index >= 15 is 0 Å². The van der Waals surface area contributed by atoms with E-state index in [0.717, 1.165) is 0 Å². The third kappa shape index (κ3) is 3.99. The molecule has 1 heterocycles. The van der Waals surface area contributed by atoms with Crippen LogP contribution in [0, 0.1) is 5.41 Å². The van der Waals surface area contributed by atoms with Gasteiger partial charge >= 0.3 is 6.09 Å². The molecule has 0 aromatic heterocycles. The van der Waals surface area contributed by atoms with Crippen LogP contribution in [0.5, 0.6) is 5.75 Å². The van der Waals surface area contributed by atoms with Crippen LogP contribution in [0.2, 0.25) is 0 Å². The number of methoxy groups -OCH3 is 1. The summed E-state index contributed by atoms with van der Waals surface area (Å²) in [6.07, 6.45) is 0.737. The largest absolute Gasteiger partial charge is 0.497 e. The number of benzene rings is 1. The lowest BCUT2D eigenvalue weighted by Gasteiger charge is -2.35. The first-order chi connectivity index (χ1) is 13.0. The standard InChI is InChI=1S/C19H25N3O5/c1-3-27-18(25)22-12-10-21(11-13-22)17(24)19(8-9-19)16(23)20-14-4-6-15(26-2)7-5-14/h4-7H,3,8-13H2,1-2H3,(H,20,23). The normalized spacial score (nSPS) is 17.9. The molecule has 3 rings (SSSR count). The van der Waals surface area contributed by atoms with E-state index in [-0.39, 0.29) is 17.9 Å². The second-order valence-electron chi connectivity index (χ2n) is 6.74. The summed E-state index contributed by atoms with van der Waals surface area (Å²) >= 11 is 0. The van der Waals surface area contributed by atoms with Crippen molar-refractivity contribution >= 4 is 23.6 Å². The molecule has 27 heavy (non-hydrogen) atoms. The molecule has 8 nitrogen and oxygen atoms in total. The van der Waals surface area contributed by atoms with E-state index in [9.17, 15) is 14.4 Å². The fraction of sp³-hybridized carbons (Fsp3) is 0.526. The fourth-order valence-electron chi connectivity index (χ4n) is 3.20. The third-order valence-electron chi connectivity index (χ3n) is 5.03. The van der Waals surface area contributed by atoms with Crippen LogP contribution in [0.4, 0.5) is 10.5 Å². The molecule has 1 saturated heterocycles. The van der Waals surface area contributed by atoms with Crippen molar-refractivity contribution in [1.29, 1.82) is 0 Å². The number of anilines is 1. The molecule has 1 aliphatic carbocycles. The second-order valence-corrected chi connectivity index (χ2v) is 6.74. The van der Waals surface area contributed by atoms with Crippen molar-refractivity contribution in [2.24, 2.45) is 5.41 Å². The molecule has 146 valence electrons. The number of carbonyl (C=O) groups excluding carboxylic acids is 3. The van der Waals surface area contributed by atoms with Gasteiger partial charge in [-0.05, 0) is 44.0 Å². The van der Waals surface area contributed by atoms with Crippen LogP contribution in [-0.4, -0.2) is 67.6 Å². The van der Waals surface area contributed by atoms with Gasteiger partial charge in [0.05, 0.1) is 13.7 Å². The number of hydrogen-bond donors (Lipinski definition) is 1. The molecule has 2 aliphatic rings. The van der Waals surface area contributed by atoms with Crippen molar-refractivity contribution in [3.8, 4) is 5.75 Å². The van der Waals surface area contributed by atoms with Gasteiger partial charge in [0.2, 0.25) is 11.8 Å². The first-order valence-electron chi connectivity index (χ1n) is 9.17. The Labute approximate surface area is 158 Å². The van der Waals surface area contributed by atoms with E-state index in [2.05, 4.69) is 5.32 Å². The molecule has 0 radical (unpaired) electrons. The minimum absolute atomic E-state index is 0.156. The average Bonchev–Trinajstić information content (AvgIpc) is 3.50. The van der Waals surface area contributed by atoms with Crippen molar-refractivity contribution in [2.45, 2.75) is 19.8 Å². The predicted octanol–water partition coefficient (Wildman–Crippen LogP) is 1.71. The number of carbonyl (C=O) groups is 3. The molecule has 0 bridgehead atoms. The average molecular weight is 375 g/mol. The Kier molecular flexibility index (Phi) is 5.53. The van der Waals surface area contributed by atoms with Crippen LogP contribution >= 0.6 is 0 Å². The van der Waals surface area contributed by atoms with Crippen LogP contribution < -0.4 is 10.1 Å². The lowest BCUT2D eigenvalue weighted by atomic mass is 10.0. The van der Waals surface area contributed by atoms with Crippen LogP contribution in [0.25, 0.3) is 0 Å². The third-order valence-corrected chi connectivity index (χ3v) is 5.03. The number of ether oxygens (including phenoxy) is 2. The molecular formula is C19H25N3O5. The van der Waals surface area contributed by atoms with Gasteiger partial charge in [-0.2, -0.15) is 0 Å². The molecule has 1 N–H and O–H groups in total. The monoisotopic (exact) mass is 375 g/mol. The Morgan fingerprint density at radius 3 is 2.15 bits per heavy atom. The molecule has 1 aromatic rings. The number of rotatable bonds is 5. The van der Waals surface area contributed by atoms with Gasteiger partial charge in [-0.1, -0.05) is 0 Å². The topological polar surface area (TPSA) is 88.2 Å². The molecular weight excluding hydrogens is 350 g/mol. The Morgan fingerprint density at radius 1 is 1.04 bits per heavy atom. The van der Waals surface area contributed by atoms with Crippen molar-refractivity contribution in [3.63, 3.8) is 0 Å². The van der Waals surface area contributed by atoms with Crippen molar-refractivity contribution in [2.75, 3.05) is 45.2 Å². The maximum atomic E-state index is 12.9. The van der Waals surface area contributed by atoms with Gasteiger partial charge in [0.15, 0.2) is 0 Å². The molecule has 1 aliphatic heterocycles. The van der Waals surface area contributed by atoms with Crippen LogP contribution in [0.3, 0.4) is 0 Å². The van der Waals surface area contributed by atoms with E-state index in [1.807, 2.05) is 0 Å². The minimum atomic E-state index is -0.980. The van der Waals surface area contributed by atoms with Gasteiger partial charge in [0, 0.05) is 31.9 Å². The van der Waals surface area contributed by atoms with E-state index in [1.54, 1.807) is 48.1 Å². The zero-order valence-corrected chi connectivity index (χ0v) is 15.7. The number of nitrogens with zero attached hydrogens (tertiary/aromatic N) is 2. The molecule has 0 atom stereocenters. The summed E-state index contributed by atoms with van der Waals surface area (Å²) in [7, 11) is 1.58. The first kappa shape index (κ1) is 19.0. The zero-order valence-electron chi connectivity index (χ0n) is 15.7. The Hall–Kier alpha value is -2.77. The molecule has 0 spiro atoms. The quantitative estimate of drug-likeness (QED) is 0.792. The van der Waals surface area contributed by atoms with E-state index < -0.39 is 5.41 Å². The molecule has 0 unspecified atom stereocenters. The lowest BCUT2D eigenvalue weighted by molar-refractivity contribution is -0.143. The lowest BCUT2D eigenvalue weighted by Crippen LogP contribution is -2.53. The van der Waals surface area contributed by atoms with Crippen LogP contribution in [-0.2, 0) is 14.3 Å². The number of piperazine rings is 1. The van der Waals surface area contributed by atoms with Crippen molar-refractivity contribution in [3.05, 3.63) is 24.3 Å². The molecule has 2 fully saturated rings. The first-order valence-corrected chi connectivity index (χ1v) is 9.17. The maximum absolute atomic E-state index is 12.9. The highest BCUT2D eigenvalue weighted by Gasteiger charge is 2.58. The highest BCUT2D eigenvalue weighted by Crippen LogP contribution is 2.48. The van der Waals surface area contributed by atoms with Gasteiger partial charge in [-0.25, -0.2) is 4.79 Å². The summed E-state index contributed by atoms with van der Waals surface area (Å²) in [4.78, 5) is 40.7. The summed E-state index contributed by atoms with van der Waals surface area (Å²) in [6.45, 7) is 3.74. The highest BCUT2D eigenvalue weighted by atomic mass is 16.6. The molecule has 1 saturated carbocycles. The summed E-state index contributed by atoms with van der Waals surface area (Å²) in [5.41, 5.74) is -0.349. The van der Waals surface area contributed by atoms with Crippen molar-refractivity contribution in [1.82, 2.24) is 9.80 Å². The van der Waals surface area contributed by atoms with Crippen LogP contribution in [0.1, 0.15) is 19.8 Å². The van der Waals surface area contributed by atoms with Gasteiger partial charge in [0.25, 0.3) is 0 Å². The van der Waals surface area contributed by atoms with Gasteiger partial charge in [-0.15, -0.1) is 0 Å². The summed E-state index contributed by atoms with van der Waals surface area (Å²) in [6, 6.07) is 7.00. The van der Waals surface area contributed by atoms with Crippen molar-refractivity contribution < 1.29 is 23.9 Å². The second kappa shape index (κ2) is 7.85. The van der Waals surface area contributed by atoms with E-state index in [4.69, 9.17) is 9.47 Å². The summed E-state index contributed by atoms with van der Waals surface area (Å²) in [5, 5.41) is 2.83. The molecule has 1 aromatic carbocycles. The highest BCUT2D eigenvalue weighted by molar-refractivity contribution is 6.13. The summed E-state index contributed by atoms with van der Waals surface area (Å²) < 4.78 is 10.1.